The first-order valence-corrected chi connectivity index (χ1v) is 4.53. The number of hydrogen-bond donors (Lipinski definition) is 1. The van der Waals surface area contributed by atoms with Gasteiger partial charge in [0.15, 0.2) is 5.78 Å². The van der Waals surface area contributed by atoms with Crippen LogP contribution >= 0.6 is 0 Å². The quantitative estimate of drug-likeness (QED) is 0.606. The topological polar surface area (TPSA) is 46.2 Å². The highest BCUT2D eigenvalue weighted by Crippen LogP contribution is 2.38. The van der Waals surface area contributed by atoms with Crippen molar-refractivity contribution < 1.29 is 9.59 Å². The molecule has 1 amide bonds. The Morgan fingerprint density at radius 3 is 2.62 bits per heavy atom. The van der Waals surface area contributed by atoms with Gasteiger partial charge in [0, 0.05) is 17.7 Å². The summed E-state index contributed by atoms with van der Waals surface area (Å²) in [6, 6.07) is 0. The second kappa shape index (κ2) is 2.44. The molecule has 0 unspecified atom stereocenters. The molecule has 0 radical (unpaired) electrons. The molecule has 0 fully saturated rings. The van der Waals surface area contributed by atoms with Gasteiger partial charge in [-0.3, -0.25) is 9.59 Å². The van der Waals surface area contributed by atoms with Crippen LogP contribution in [-0.4, -0.2) is 11.7 Å². The lowest BCUT2D eigenvalue weighted by Crippen LogP contribution is -2.27. The van der Waals surface area contributed by atoms with Gasteiger partial charge in [0.2, 0.25) is 5.91 Å². The molecule has 3 heteroatoms. The van der Waals surface area contributed by atoms with Gasteiger partial charge in [-0.05, 0) is 11.8 Å². The van der Waals surface area contributed by atoms with Crippen molar-refractivity contribution in [1.82, 2.24) is 5.32 Å². The Morgan fingerprint density at radius 2 is 1.92 bits per heavy atom. The molecule has 0 aromatic carbocycles. The molecule has 0 spiro atoms. The van der Waals surface area contributed by atoms with Gasteiger partial charge < -0.3 is 5.32 Å². The summed E-state index contributed by atoms with van der Waals surface area (Å²) in [6.45, 7) is 4.11. The van der Waals surface area contributed by atoms with E-state index in [9.17, 15) is 9.59 Å². The number of carbonyl (C=O) groups excluding carboxylic acids is 2. The standard InChI is InChI=1S/C10H13NO2/c1-10(2)4-7-6(8(12)5-10)3-9(13)11-7/h3-5H2,1-2H3,(H,11,13). The van der Waals surface area contributed by atoms with Crippen molar-refractivity contribution in [2.24, 2.45) is 5.41 Å². The minimum atomic E-state index is -0.0314. The third-order valence-corrected chi connectivity index (χ3v) is 2.62. The fourth-order valence-electron chi connectivity index (χ4n) is 2.06. The van der Waals surface area contributed by atoms with Gasteiger partial charge in [-0.1, -0.05) is 13.8 Å². The van der Waals surface area contributed by atoms with E-state index in [1.54, 1.807) is 0 Å². The summed E-state index contributed by atoms with van der Waals surface area (Å²) in [5.41, 5.74) is 1.60. The first-order chi connectivity index (χ1) is 5.98. The Balaban J connectivity index is 2.33. The monoisotopic (exact) mass is 179 g/mol. The van der Waals surface area contributed by atoms with Gasteiger partial charge in [0.1, 0.15) is 0 Å². The average molecular weight is 179 g/mol. The van der Waals surface area contributed by atoms with Crippen LogP contribution in [0.3, 0.4) is 0 Å². The van der Waals surface area contributed by atoms with E-state index in [4.69, 9.17) is 0 Å². The van der Waals surface area contributed by atoms with Crippen molar-refractivity contribution in [1.29, 1.82) is 0 Å². The van der Waals surface area contributed by atoms with Crippen LogP contribution in [0.15, 0.2) is 11.3 Å². The molecule has 1 N–H and O–H groups in total. The second-order valence-corrected chi connectivity index (χ2v) is 4.62. The van der Waals surface area contributed by atoms with Crippen molar-refractivity contribution in [3.63, 3.8) is 0 Å². The maximum absolute atomic E-state index is 11.6. The third-order valence-electron chi connectivity index (χ3n) is 2.62. The molecular formula is C10H13NO2. The zero-order valence-corrected chi connectivity index (χ0v) is 7.94. The molecular weight excluding hydrogens is 166 g/mol. The minimum absolute atomic E-state index is 0.00748. The maximum atomic E-state index is 11.6. The lowest BCUT2D eigenvalue weighted by molar-refractivity contribution is -0.121. The summed E-state index contributed by atoms with van der Waals surface area (Å²) >= 11 is 0. The summed E-state index contributed by atoms with van der Waals surface area (Å²) in [5, 5.41) is 2.76. The van der Waals surface area contributed by atoms with Crippen LogP contribution in [0.2, 0.25) is 0 Å². The minimum Gasteiger partial charge on any atom is -0.329 e. The van der Waals surface area contributed by atoms with E-state index in [0.717, 1.165) is 17.7 Å². The Bertz CT molecular complexity index is 326. The number of amides is 1. The number of nitrogens with one attached hydrogen (secondary N) is 1. The first kappa shape index (κ1) is 8.48. The third kappa shape index (κ3) is 1.39. The smallest absolute Gasteiger partial charge is 0.228 e. The van der Waals surface area contributed by atoms with E-state index in [0.29, 0.717) is 12.8 Å². The number of carbonyl (C=O) groups is 2. The van der Waals surface area contributed by atoms with Gasteiger partial charge >= 0.3 is 0 Å². The first-order valence-electron chi connectivity index (χ1n) is 4.53. The zero-order chi connectivity index (χ0) is 9.64. The number of Topliss-reactive ketones (excluding diaryl/α,β-unsaturated/α-hetero) is 1. The van der Waals surface area contributed by atoms with Crippen LogP contribution in [0.1, 0.15) is 33.1 Å². The predicted molar refractivity (Wildman–Crippen MR) is 47.8 cm³/mol. The van der Waals surface area contributed by atoms with Gasteiger partial charge in [-0.15, -0.1) is 0 Å². The normalized spacial score (nSPS) is 26.0. The van der Waals surface area contributed by atoms with Gasteiger partial charge in [-0.25, -0.2) is 0 Å². The van der Waals surface area contributed by atoms with E-state index in [1.807, 2.05) is 0 Å². The summed E-state index contributed by atoms with van der Waals surface area (Å²) < 4.78 is 0. The second-order valence-electron chi connectivity index (χ2n) is 4.62. The fraction of sp³-hybridized carbons (Fsp3) is 0.600. The summed E-state index contributed by atoms with van der Waals surface area (Å²) in [6.07, 6.45) is 1.69. The van der Waals surface area contributed by atoms with Gasteiger partial charge in [-0.2, -0.15) is 0 Å². The van der Waals surface area contributed by atoms with Crippen LogP contribution in [0.4, 0.5) is 0 Å². The molecule has 2 aliphatic rings. The van der Waals surface area contributed by atoms with Crippen LogP contribution in [0.25, 0.3) is 0 Å². The molecule has 1 aliphatic heterocycles. The number of allylic oxidation sites excluding steroid dienone is 1. The molecule has 0 bridgehead atoms. The number of hydrogen-bond acceptors (Lipinski definition) is 2. The lowest BCUT2D eigenvalue weighted by atomic mass is 9.76. The van der Waals surface area contributed by atoms with E-state index >= 15 is 0 Å². The van der Waals surface area contributed by atoms with E-state index in [1.165, 1.54) is 0 Å². The maximum Gasteiger partial charge on any atom is 0.228 e. The van der Waals surface area contributed by atoms with Gasteiger partial charge in [0.25, 0.3) is 0 Å². The highest BCUT2D eigenvalue weighted by molar-refractivity contribution is 6.05. The Labute approximate surface area is 77.2 Å². The lowest BCUT2D eigenvalue weighted by Gasteiger charge is -2.28. The molecule has 1 heterocycles. The van der Waals surface area contributed by atoms with Crippen molar-refractivity contribution >= 4 is 11.7 Å². The van der Waals surface area contributed by atoms with E-state index in [-0.39, 0.29) is 17.1 Å². The van der Waals surface area contributed by atoms with Crippen molar-refractivity contribution in [2.45, 2.75) is 33.1 Å². The van der Waals surface area contributed by atoms with Crippen molar-refractivity contribution in [3.8, 4) is 0 Å². The zero-order valence-electron chi connectivity index (χ0n) is 7.94. The average Bonchev–Trinajstić information content (AvgIpc) is 2.27. The summed E-state index contributed by atoms with van der Waals surface area (Å²) in [7, 11) is 0. The molecule has 0 aromatic rings. The molecule has 70 valence electrons. The fourth-order valence-corrected chi connectivity index (χ4v) is 2.06. The highest BCUT2D eigenvalue weighted by Gasteiger charge is 2.37. The SMILES string of the molecule is CC1(C)CC(=O)C2=C(C1)NC(=O)C2. The summed E-state index contributed by atoms with van der Waals surface area (Å²) in [4.78, 5) is 22.6. The van der Waals surface area contributed by atoms with Crippen molar-refractivity contribution in [2.75, 3.05) is 0 Å². The highest BCUT2D eigenvalue weighted by atomic mass is 16.2. The van der Waals surface area contributed by atoms with Crippen LogP contribution in [0.5, 0.6) is 0 Å². The molecule has 13 heavy (non-hydrogen) atoms. The summed E-state index contributed by atoms with van der Waals surface area (Å²) in [5.74, 6) is 0.112. The molecule has 2 rings (SSSR count). The largest absolute Gasteiger partial charge is 0.329 e. The molecule has 0 saturated carbocycles. The van der Waals surface area contributed by atoms with Crippen LogP contribution in [0, 0.1) is 5.41 Å². The van der Waals surface area contributed by atoms with Gasteiger partial charge in [0.05, 0.1) is 6.42 Å². The number of ketones is 1. The van der Waals surface area contributed by atoms with Crippen molar-refractivity contribution in [3.05, 3.63) is 11.3 Å². The Kier molecular flexibility index (Phi) is 1.59. The molecule has 0 atom stereocenters. The van der Waals surface area contributed by atoms with Crippen LogP contribution < -0.4 is 5.32 Å². The molecule has 1 aliphatic carbocycles. The predicted octanol–water partition coefficient (Wildman–Crippen LogP) is 1.15. The Hall–Kier alpha value is -1.12. The number of rotatable bonds is 0. The Morgan fingerprint density at radius 1 is 1.23 bits per heavy atom. The van der Waals surface area contributed by atoms with E-state index < -0.39 is 0 Å². The van der Waals surface area contributed by atoms with E-state index in [2.05, 4.69) is 19.2 Å². The molecule has 0 saturated heterocycles. The molecule has 0 aromatic heterocycles. The van der Waals surface area contributed by atoms with Crippen LogP contribution in [-0.2, 0) is 9.59 Å². The molecule has 3 nitrogen and oxygen atoms in total.